The van der Waals surface area contributed by atoms with Crippen molar-refractivity contribution in [2.75, 3.05) is 38.7 Å². The van der Waals surface area contributed by atoms with Crippen LogP contribution in [-0.2, 0) is 52.5 Å². The Morgan fingerprint density at radius 2 is 1.45 bits per heavy atom. The molecule has 0 aliphatic carbocycles. The predicted molar refractivity (Wildman–Crippen MR) is 204 cm³/mol. The minimum Gasteiger partial charge on any atom is -0.310 e. The Labute approximate surface area is 305 Å². The van der Waals surface area contributed by atoms with Crippen molar-refractivity contribution in [3.05, 3.63) is 88.5 Å². The Balaban J connectivity index is 0.000000228. The average Bonchev–Trinajstić information content (AvgIpc) is 3.08. The van der Waals surface area contributed by atoms with E-state index in [0.717, 1.165) is 73.7 Å². The molecule has 0 saturated carbocycles. The number of fused-ring (bicyclic) bond motifs is 2. The molecular weight excluding hydrogens is 685 g/mol. The molecule has 51 heavy (non-hydrogen) atoms. The molecule has 4 aliphatic rings. The highest BCUT2D eigenvalue weighted by Gasteiger charge is 2.31. The third-order valence-electron chi connectivity index (χ3n) is 10.2. The first-order valence-corrected chi connectivity index (χ1v) is 20.8. The second kappa shape index (κ2) is 17.1. The number of hydrogen-bond donors (Lipinski definition) is 1. The molecule has 7 rings (SSSR count). The molecule has 2 atom stereocenters. The van der Waals surface area contributed by atoms with E-state index >= 15 is 0 Å². The fraction of sp³-hybridized carbons (Fsp3) is 0.568. The molecule has 1 aromatic carbocycles. The molecule has 1 fully saturated rings. The first-order valence-electron chi connectivity index (χ1n) is 17.1. The number of piperidine rings is 1. The van der Waals surface area contributed by atoms with E-state index in [1.807, 2.05) is 12.1 Å². The van der Waals surface area contributed by atoms with E-state index in [9.17, 15) is 16.8 Å². The molecule has 2 unspecified atom stereocenters. The Morgan fingerprint density at radius 1 is 0.804 bits per heavy atom. The van der Waals surface area contributed by atoms with Crippen LogP contribution in [0.25, 0.3) is 5.57 Å². The molecule has 0 bridgehead atoms. The summed E-state index contributed by atoms with van der Waals surface area (Å²) in [5, 5.41) is 3.46. The molecule has 0 radical (unpaired) electrons. The number of nitrogens with zero attached hydrogens (tertiary/aromatic N) is 7. The van der Waals surface area contributed by atoms with Gasteiger partial charge in [0.2, 0.25) is 20.0 Å². The Hall–Kier alpha value is -3.14. The van der Waals surface area contributed by atoms with Gasteiger partial charge in [0.1, 0.15) is 12.7 Å². The zero-order valence-electron chi connectivity index (χ0n) is 28.9. The van der Waals surface area contributed by atoms with Crippen molar-refractivity contribution in [3.63, 3.8) is 0 Å². The molecule has 1 N–H and O–H groups in total. The van der Waals surface area contributed by atoms with Crippen LogP contribution in [0.15, 0.2) is 49.1 Å². The number of nitrogens with one attached hydrogen (secondary N) is 1. The highest BCUT2D eigenvalue weighted by atomic mass is 32.2. The minimum atomic E-state index is -3.15. The van der Waals surface area contributed by atoms with Gasteiger partial charge in [0, 0.05) is 87.8 Å². The lowest BCUT2D eigenvalue weighted by atomic mass is 9.88. The molecule has 6 heterocycles. The van der Waals surface area contributed by atoms with Crippen LogP contribution in [0, 0.1) is 0 Å². The monoisotopic (exact) mass is 740 g/mol. The maximum Gasteiger partial charge on any atom is 0.211 e. The largest absolute Gasteiger partial charge is 0.310 e. The number of rotatable bonds is 6. The smallest absolute Gasteiger partial charge is 0.211 e. The molecule has 12 nitrogen and oxygen atoms in total. The molecule has 3 aromatic rings. The van der Waals surface area contributed by atoms with Gasteiger partial charge in [-0.05, 0) is 44.2 Å². The number of benzene rings is 1. The third-order valence-corrected chi connectivity index (χ3v) is 12.8. The summed E-state index contributed by atoms with van der Waals surface area (Å²) in [6.45, 7) is 9.04. The van der Waals surface area contributed by atoms with Gasteiger partial charge in [-0.15, -0.1) is 0 Å². The Morgan fingerprint density at radius 3 is 2.08 bits per heavy atom. The van der Waals surface area contributed by atoms with Gasteiger partial charge in [0.15, 0.2) is 0 Å². The van der Waals surface area contributed by atoms with Gasteiger partial charge in [0.25, 0.3) is 0 Å². The summed E-state index contributed by atoms with van der Waals surface area (Å²) in [6.07, 6.45) is 12.1. The first-order chi connectivity index (χ1) is 23.4. The number of aromatic nitrogens is 4. The molecule has 0 amide bonds. The average molecular weight is 741 g/mol. The van der Waals surface area contributed by atoms with E-state index in [4.69, 9.17) is 0 Å². The van der Waals surface area contributed by atoms with Crippen LogP contribution in [0.5, 0.6) is 0 Å². The lowest BCUT2D eigenvalue weighted by molar-refractivity contribution is 0.172. The molecule has 4 aliphatic heterocycles. The van der Waals surface area contributed by atoms with Gasteiger partial charge in [-0.2, -0.15) is 4.31 Å². The van der Waals surface area contributed by atoms with Crippen molar-refractivity contribution >= 4 is 25.6 Å². The van der Waals surface area contributed by atoms with Gasteiger partial charge < -0.3 is 5.32 Å². The molecule has 0 spiro atoms. The highest BCUT2D eigenvalue weighted by molar-refractivity contribution is 7.88. The zero-order chi connectivity index (χ0) is 34.8. The Bertz CT molecular complexity index is 1880. The van der Waals surface area contributed by atoms with Crippen molar-refractivity contribution in [3.8, 4) is 0 Å². The minimum absolute atomic E-state index is 0. The summed E-state index contributed by atoms with van der Waals surface area (Å²) >= 11 is 0. The second-order valence-electron chi connectivity index (χ2n) is 13.8. The zero-order valence-corrected chi connectivity index (χ0v) is 30.5. The van der Waals surface area contributed by atoms with Gasteiger partial charge >= 0.3 is 0 Å². The van der Waals surface area contributed by atoms with Crippen LogP contribution in [0.3, 0.4) is 0 Å². The van der Waals surface area contributed by atoms with Crippen LogP contribution in [0.4, 0.5) is 0 Å². The van der Waals surface area contributed by atoms with Crippen LogP contribution >= 0.6 is 0 Å². The Kier molecular flexibility index (Phi) is 13.6. The van der Waals surface area contributed by atoms with Crippen molar-refractivity contribution in [2.24, 2.45) is 0 Å². The van der Waals surface area contributed by atoms with E-state index < -0.39 is 20.0 Å². The summed E-state index contributed by atoms with van der Waals surface area (Å²) in [4.78, 5) is 20.5. The van der Waals surface area contributed by atoms with Gasteiger partial charge in [-0.1, -0.05) is 51.3 Å². The summed E-state index contributed by atoms with van der Waals surface area (Å²) < 4.78 is 49.8. The van der Waals surface area contributed by atoms with Gasteiger partial charge in [0.05, 0.1) is 35.3 Å². The quantitative estimate of drug-likeness (QED) is 0.387. The number of hydrogen-bond acceptors (Lipinski definition) is 10. The summed E-state index contributed by atoms with van der Waals surface area (Å²) in [5.74, 6) is 0.343. The molecule has 14 heteroatoms. The molecular formula is C37H56N8O4S2. The van der Waals surface area contributed by atoms with E-state index in [2.05, 4.69) is 68.3 Å². The molecule has 1 saturated heterocycles. The van der Waals surface area contributed by atoms with Crippen LogP contribution in [0.1, 0.15) is 93.3 Å². The topological polar surface area (TPSA) is 142 Å². The number of sulfonamides is 2. The molecule has 280 valence electrons. The van der Waals surface area contributed by atoms with E-state index in [-0.39, 0.29) is 14.9 Å². The molecule has 2 aromatic heterocycles. The summed E-state index contributed by atoms with van der Waals surface area (Å²) in [6, 6.07) is 11.4. The standard InChI is InChI=1S/C21H26N4O2S.C14H22N4O2S.2CH4/c1-16-12-20-19(14-24(16)13-17-6-4-3-5-7-17)21(23-15-22-20)18-8-10-25(11-9-18)28(2,26)27;1-10-7-13-12(8-15-10)14(17-9-16-13)11-3-5-18(6-4-11)21(2,19)20;;/h3-8,15-16H,9-14H2,1-2H3;9-11,15H,3-8H2,1-2H3;2*1H4. The van der Waals surface area contributed by atoms with Crippen LogP contribution in [0.2, 0.25) is 0 Å². The van der Waals surface area contributed by atoms with Crippen molar-refractivity contribution in [1.29, 1.82) is 0 Å². The predicted octanol–water partition coefficient (Wildman–Crippen LogP) is 4.39. The van der Waals surface area contributed by atoms with Crippen LogP contribution < -0.4 is 5.32 Å². The summed E-state index contributed by atoms with van der Waals surface area (Å²) in [7, 11) is -6.22. The normalized spacial score (nSPS) is 21.8. The van der Waals surface area contributed by atoms with Crippen molar-refractivity contribution in [1.82, 2.24) is 38.8 Å². The van der Waals surface area contributed by atoms with Gasteiger partial charge in [-0.3, -0.25) is 4.90 Å². The maximum atomic E-state index is 11.8. The lowest BCUT2D eigenvalue weighted by Gasteiger charge is -2.35. The van der Waals surface area contributed by atoms with E-state index in [1.54, 1.807) is 17.0 Å². The van der Waals surface area contributed by atoms with E-state index in [0.29, 0.717) is 50.6 Å². The summed E-state index contributed by atoms with van der Waals surface area (Å²) in [5.41, 5.74) is 9.23. The van der Waals surface area contributed by atoms with Crippen molar-refractivity contribution < 1.29 is 16.8 Å². The van der Waals surface area contributed by atoms with Crippen molar-refractivity contribution in [2.45, 2.75) is 98.4 Å². The second-order valence-corrected chi connectivity index (χ2v) is 17.8. The maximum absolute atomic E-state index is 11.8. The fourth-order valence-electron chi connectivity index (χ4n) is 7.32. The fourth-order valence-corrected chi connectivity index (χ4v) is 8.96. The lowest BCUT2D eigenvalue weighted by Crippen LogP contribution is -2.39. The SMILES string of the molecule is C.C.CC1Cc2ncnc(C3=CCN(S(C)(=O)=O)CC3)c2CN1Cc1ccccc1.CC1Cc2ncnc(C3CCN(S(C)(=O)=O)CC3)c2CN1. The highest BCUT2D eigenvalue weighted by Crippen LogP contribution is 2.33. The van der Waals surface area contributed by atoms with Crippen LogP contribution in [-0.4, -0.2) is 101 Å². The van der Waals surface area contributed by atoms with E-state index in [1.165, 1.54) is 33.5 Å². The third kappa shape index (κ3) is 9.85. The first kappa shape index (κ1) is 40.6. The van der Waals surface area contributed by atoms with Gasteiger partial charge in [-0.25, -0.2) is 41.1 Å².